The van der Waals surface area contributed by atoms with Crippen molar-refractivity contribution in [3.8, 4) is 0 Å². The topological polar surface area (TPSA) is 127 Å². The molecule has 4 aliphatic rings. The Kier molecular flexibility index (Phi) is 6.71. The molecule has 9 heteroatoms. The second-order valence-corrected chi connectivity index (χ2v) is 13.4. The SMILES string of the molecule is CN(C[C@H]1C[C@@H](n2ccc3c2NCNC3N)[C@H](O)[C@@H]1O)C1CC(CCc2nc3cc(C4(C)CCC4)ccc3[nH]2)C1. The summed E-state index contributed by atoms with van der Waals surface area (Å²) >= 11 is 0. The highest BCUT2D eigenvalue weighted by Gasteiger charge is 2.45. The normalized spacial score (nSPS) is 33.0. The smallest absolute Gasteiger partial charge is 0.113 e. The van der Waals surface area contributed by atoms with E-state index in [1.807, 2.05) is 12.3 Å². The van der Waals surface area contributed by atoms with E-state index in [-0.39, 0.29) is 18.1 Å². The van der Waals surface area contributed by atoms with Crippen LogP contribution in [-0.2, 0) is 11.8 Å². The Labute approximate surface area is 236 Å². The van der Waals surface area contributed by atoms with E-state index in [4.69, 9.17) is 10.7 Å². The van der Waals surface area contributed by atoms with Gasteiger partial charge in [-0.3, -0.25) is 5.32 Å². The number of hydrogen-bond donors (Lipinski definition) is 6. The third-order valence-corrected chi connectivity index (χ3v) is 10.8. The molecule has 2 aromatic heterocycles. The van der Waals surface area contributed by atoms with Crippen LogP contribution < -0.4 is 16.4 Å². The first-order valence-electron chi connectivity index (χ1n) is 15.3. The van der Waals surface area contributed by atoms with Crippen molar-refractivity contribution in [2.24, 2.45) is 17.6 Å². The molecular formula is C31H45N7O2. The molecule has 0 spiro atoms. The van der Waals surface area contributed by atoms with Crippen LogP contribution in [-0.4, -0.2) is 68.2 Å². The van der Waals surface area contributed by atoms with Gasteiger partial charge in [0, 0.05) is 36.7 Å². The minimum Gasteiger partial charge on any atom is -0.390 e. The first-order chi connectivity index (χ1) is 19.3. The van der Waals surface area contributed by atoms with Gasteiger partial charge in [0.05, 0.1) is 36.0 Å². The third-order valence-electron chi connectivity index (χ3n) is 10.8. The van der Waals surface area contributed by atoms with Crippen molar-refractivity contribution in [1.29, 1.82) is 0 Å². The number of fused-ring (bicyclic) bond motifs is 2. The van der Waals surface area contributed by atoms with Gasteiger partial charge in [0.25, 0.3) is 0 Å². The molecule has 7 rings (SSSR count). The molecular weight excluding hydrogens is 502 g/mol. The van der Waals surface area contributed by atoms with Gasteiger partial charge in [0.2, 0.25) is 0 Å². The van der Waals surface area contributed by atoms with Crippen molar-refractivity contribution < 1.29 is 10.2 Å². The minimum absolute atomic E-state index is 0.0418. The van der Waals surface area contributed by atoms with Crippen LogP contribution in [0.15, 0.2) is 30.5 Å². The number of nitrogens with zero attached hydrogens (tertiary/aromatic N) is 3. The molecule has 9 nitrogen and oxygen atoms in total. The van der Waals surface area contributed by atoms with Gasteiger partial charge in [-0.2, -0.15) is 0 Å². The lowest BCUT2D eigenvalue weighted by atomic mass is 9.66. The quantitative estimate of drug-likeness (QED) is 0.255. The van der Waals surface area contributed by atoms with Gasteiger partial charge in [-0.25, -0.2) is 4.98 Å². The van der Waals surface area contributed by atoms with Crippen LogP contribution in [0.3, 0.4) is 0 Å². The number of aliphatic hydroxyl groups is 2. The fraction of sp³-hybridized carbons (Fsp3) is 0.645. The second kappa shape index (κ2) is 10.1. The number of nitrogens with two attached hydrogens (primary N) is 1. The highest BCUT2D eigenvalue weighted by atomic mass is 16.3. The van der Waals surface area contributed by atoms with Crippen LogP contribution >= 0.6 is 0 Å². The van der Waals surface area contributed by atoms with Crippen LogP contribution in [0, 0.1) is 11.8 Å². The molecule has 0 bridgehead atoms. The lowest BCUT2D eigenvalue weighted by molar-refractivity contribution is -0.00674. The monoisotopic (exact) mass is 547 g/mol. The van der Waals surface area contributed by atoms with Crippen molar-refractivity contribution in [3.63, 3.8) is 0 Å². The predicted molar refractivity (Wildman–Crippen MR) is 157 cm³/mol. The summed E-state index contributed by atoms with van der Waals surface area (Å²) in [6, 6.07) is 9.19. The van der Waals surface area contributed by atoms with Crippen LogP contribution in [0.4, 0.5) is 5.82 Å². The number of anilines is 1. The van der Waals surface area contributed by atoms with Crippen LogP contribution in [0.2, 0.25) is 0 Å². The second-order valence-electron chi connectivity index (χ2n) is 13.4. The Morgan fingerprint density at radius 1 is 1.15 bits per heavy atom. The molecule has 1 aromatic carbocycles. The molecule has 3 heterocycles. The molecule has 3 aromatic rings. The minimum atomic E-state index is -0.784. The molecule has 3 aliphatic carbocycles. The number of aryl methyl sites for hydroxylation is 1. The predicted octanol–water partition coefficient (Wildman–Crippen LogP) is 3.36. The molecule has 216 valence electrons. The molecule has 40 heavy (non-hydrogen) atoms. The molecule has 5 atom stereocenters. The Hall–Kier alpha value is -2.43. The van der Waals surface area contributed by atoms with E-state index in [0.717, 1.165) is 54.0 Å². The van der Waals surface area contributed by atoms with Crippen molar-refractivity contribution in [3.05, 3.63) is 47.4 Å². The van der Waals surface area contributed by atoms with E-state index < -0.39 is 12.2 Å². The maximum absolute atomic E-state index is 11.0. The number of imidazole rings is 1. The lowest BCUT2D eigenvalue weighted by Gasteiger charge is -2.42. The van der Waals surface area contributed by atoms with E-state index in [1.54, 1.807) is 0 Å². The van der Waals surface area contributed by atoms with Crippen LogP contribution in [0.25, 0.3) is 11.0 Å². The molecule has 3 fully saturated rings. The summed E-state index contributed by atoms with van der Waals surface area (Å²) in [5.74, 6) is 2.82. The van der Waals surface area contributed by atoms with Gasteiger partial charge in [0.15, 0.2) is 0 Å². The molecule has 1 aliphatic heterocycles. The third kappa shape index (κ3) is 4.56. The number of nitrogens with one attached hydrogen (secondary N) is 3. The van der Waals surface area contributed by atoms with Crippen LogP contribution in [0.1, 0.15) is 81.0 Å². The summed E-state index contributed by atoms with van der Waals surface area (Å²) in [5.41, 5.74) is 11.2. The standard InChI is InChI=1S/C31H45N7O2/c1-31(9-3-10-31)20-5-6-23-24(15-20)36-26(35-23)7-4-18-12-21(13-18)37(2)16-19-14-25(28(40)27(19)39)38-11-8-22-29(32)33-17-34-30(22)38/h5-6,8,11,15,18-19,21,25,27-29,33-34,39-40H,3-4,7,9-10,12-14,16-17,32H2,1-2H3,(H,35,36)/t18?,19-,21?,25-,27-,28+,29?/m1/s1. The Bertz CT molecular complexity index is 1360. The number of hydrogen-bond acceptors (Lipinski definition) is 7. The van der Waals surface area contributed by atoms with Gasteiger partial charge in [-0.15, -0.1) is 0 Å². The van der Waals surface area contributed by atoms with Crippen LogP contribution in [0.5, 0.6) is 0 Å². The highest BCUT2D eigenvalue weighted by Crippen LogP contribution is 2.44. The first kappa shape index (κ1) is 26.5. The van der Waals surface area contributed by atoms with E-state index >= 15 is 0 Å². The Balaban J connectivity index is 0.906. The molecule has 0 radical (unpaired) electrons. The van der Waals surface area contributed by atoms with E-state index in [1.165, 1.54) is 37.7 Å². The molecule has 0 amide bonds. The zero-order valence-corrected chi connectivity index (χ0v) is 23.8. The highest BCUT2D eigenvalue weighted by molar-refractivity contribution is 5.76. The largest absolute Gasteiger partial charge is 0.390 e. The summed E-state index contributed by atoms with van der Waals surface area (Å²) < 4.78 is 2.08. The first-order valence-corrected chi connectivity index (χ1v) is 15.3. The summed E-state index contributed by atoms with van der Waals surface area (Å²) in [5, 5.41) is 28.5. The number of aliphatic hydroxyl groups excluding tert-OH is 2. The van der Waals surface area contributed by atoms with E-state index in [9.17, 15) is 10.2 Å². The molecule has 3 saturated carbocycles. The zero-order chi connectivity index (χ0) is 27.6. The maximum atomic E-state index is 11.0. The van der Waals surface area contributed by atoms with Crippen molar-refractivity contribution >= 4 is 16.9 Å². The fourth-order valence-corrected chi connectivity index (χ4v) is 7.80. The van der Waals surface area contributed by atoms with Gasteiger partial charge >= 0.3 is 0 Å². The van der Waals surface area contributed by atoms with Crippen molar-refractivity contribution in [1.82, 2.24) is 24.8 Å². The van der Waals surface area contributed by atoms with Gasteiger partial charge in [-0.05, 0) is 80.7 Å². The molecule has 1 unspecified atom stereocenters. The average molecular weight is 548 g/mol. The summed E-state index contributed by atoms with van der Waals surface area (Å²) in [6.45, 7) is 3.77. The number of benzene rings is 1. The average Bonchev–Trinajstić information content (AvgIpc) is 3.58. The summed E-state index contributed by atoms with van der Waals surface area (Å²) in [7, 11) is 2.18. The summed E-state index contributed by atoms with van der Waals surface area (Å²) in [4.78, 5) is 10.9. The maximum Gasteiger partial charge on any atom is 0.113 e. The fourth-order valence-electron chi connectivity index (χ4n) is 7.80. The zero-order valence-electron chi connectivity index (χ0n) is 23.8. The number of rotatable bonds is 8. The Morgan fingerprint density at radius 3 is 2.75 bits per heavy atom. The Morgan fingerprint density at radius 2 is 1.98 bits per heavy atom. The van der Waals surface area contributed by atoms with Gasteiger partial charge in [-0.1, -0.05) is 19.4 Å². The van der Waals surface area contributed by atoms with Gasteiger partial charge in [0.1, 0.15) is 17.7 Å². The van der Waals surface area contributed by atoms with E-state index in [0.29, 0.717) is 24.0 Å². The molecule has 0 saturated heterocycles. The van der Waals surface area contributed by atoms with Gasteiger partial charge < -0.3 is 35.7 Å². The molecule has 7 N–H and O–H groups in total. The van der Waals surface area contributed by atoms with Crippen molar-refractivity contribution in [2.75, 3.05) is 25.6 Å². The lowest BCUT2D eigenvalue weighted by Crippen LogP contribution is -2.46. The number of H-pyrrole nitrogens is 1. The number of aromatic amines is 1. The van der Waals surface area contributed by atoms with E-state index in [2.05, 4.69) is 57.3 Å². The van der Waals surface area contributed by atoms with Crippen molar-refractivity contribution in [2.45, 2.75) is 94.2 Å². The summed E-state index contributed by atoms with van der Waals surface area (Å²) in [6.07, 6.45) is 9.45. The number of aromatic nitrogens is 3.